The molecule has 5 rings (SSSR count). The maximum absolute atomic E-state index is 14.0. The van der Waals surface area contributed by atoms with Gasteiger partial charge in [0.25, 0.3) is 0 Å². The van der Waals surface area contributed by atoms with Crippen molar-refractivity contribution in [2.24, 2.45) is 17.3 Å². The highest BCUT2D eigenvalue weighted by atomic mass is 19.2. The summed E-state index contributed by atoms with van der Waals surface area (Å²) in [6.07, 6.45) is 4.43. The van der Waals surface area contributed by atoms with Crippen LogP contribution in [0.2, 0.25) is 0 Å². The number of anilines is 1. The van der Waals surface area contributed by atoms with Crippen LogP contribution in [0.5, 0.6) is 0 Å². The molecule has 3 heterocycles. The van der Waals surface area contributed by atoms with Gasteiger partial charge in [0, 0.05) is 50.0 Å². The van der Waals surface area contributed by atoms with E-state index < -0.39 is 17.5 Å². The number of rotatable bonds is 5. The van der Waals surface area contributed by atoms with Gasteiger partial charge in [0.15, 0.2) is 11.6 Å². The highest BCUT2D eigenvalue weighted by molar-refractivity contribution is 5.60. The zero-order valence-electron chi connectivity index (χ0n) is 19.2. The first-order chi connectivity index (χ1) is 15.8. The second-order valence-corrected chi connectivity index (χ2v) is 10.3. The van der Waals surface area contributed by atoms with Gasteiger partial charge in [-0.2, -0.15) is 0 Å². The molecule has 1 saturated carbocycles. The van der Waals surface area contributed by atoms with Crippen molar-refractivity contribution < 1.29 is 17.9 Å². The number of aromatic nitrogens is 2. The molecule has 1 aromatic heterocycles. The molecule has 3 aliphatic rings. The molecule has 4 atom stereocenters. The summed E-state index contributed by atoms with van der Waals surface area (Å²) in [4.78, 5) is 2.68. The van der Waals surface area contributed by atoms with Crippen molar-refractivity contribution in [2.45, 2.75) is 51.6 Å². The predicted octanol–water partition coefficient (Wildman–Crippen LogP) is 4.89. The Balaban J connectivity index is 1.18. The Morgan fingerprint density at radius 1 is 1.06 bits per heavy atom. The summed E-state index contributed by atoms with van der Waals surface area (Å²) < 4.78 is 46.6. The zero-order chi connectivity index (χ0) is 23.2. The van der Waals surface area contributed by atoms with Crippen LogP contribution in [-0.4, -0.2) is 53.5 Å². The Kier molecular flexibility index (Phi) is 6.07. The van der Waals surface area contributed by atoms with E-state index in [4.69, 9.17) is 4.74 Å². The number of halogens is 3. The summed E-state index contributed by atoms with van der Waals surface area (Å²) in [6, 6.07) is 5.57. The van der Waals surface area contributed by atoms with Crippen LogP contribution in [0.15, 0.2) is 24.3 Å². The number of nitrogens with zero attached hydrogens (tertiary/aromatic N) is 3. The van der Waals surface area contributed by atoms with Gasteiger partial charge in [-0.05, 0) is 68.1 Å². The number of hydrogen-bond donors (Lipinski definition) is 1. The third-order valence-electron chi connectivity index (χ3n) is 8.26. The SMILES string of the molecule is CC(N1C[C@H]2CC(Nc3ccc(-c4cc(F)cc(F)c4F)nn3)C[C@H]2C1)C1(C)CCOCC1. The molecule has 1 N–H and O–H groups in total. The van der Waals surface area contributed by atoms with Crippen molar-refractivity contribution in [3.8, 4) is 11.3 Å². The molecule has 178 valence electrons. The van der Waals surface area contributed by atoms with Crippen LogP contribution in [0.1, 0.15) is 39.5 Å². The standard InChI is InChI=1S/C25H31F3N4O/c1-15(25(2)5-7-33-8-6-25)32-13-16-9-19(10-17(16)14-32)29-23-4-3-22(30-31-23)20-11-18(26)12-21(27)24(20)28/h3-4,11-12,15-17,19H,5-10,13-14H2,1-2H3,(H,29,31)/t15?,16-,17+,19?. The number of hydrogen-bond acceptors (Lipinski definition) is 5. The Morgan fingerprint density at radius 3 is 2.39 bits per heavy atom. The van der Waals surface area contributed by atoms with E-state index in [1.807, 2.05) is 0 Å². The normalized spacial score (nSPS) is 28.0. The first-order valence-electron chi connectivity index (χ1n) is 11.9. The molecule has 1 aliphatic carbocycles. The van der Waals surface area contributed by atoms with Gasteiger partial charge >= 0.3 is 0 Å². The molecule has 2 aliphatic heterocycles. The van der Waals surface area contributed by atoms with E-state index in [0.717, 1.165) is 58.1 Å². The van der Waals surface area contributed by atoms with Crippen LogP contribution in [-0.2, 0) is 4.74 Å². The predicted molar refractivity (Wildman–Crippen MR) is 120 cm³/mol. The summed E-state index contributed by atoms with van der Waals surface area (Å²) in [5, 5.41) is 11.6. The third-order valence-corrected chi connectivity index (χ3v) is 8.26. The van der Waals surface area contributed by atoms with Gasteiger partial charge in [0.2, 0.25) is 0 Å². The minimum Gasteiger partial charge on any atom is -0.381 e. The van der Waals surface area contributed by atoms with Gasteiger partial charge in [0.1, 0.15) is 11.6 Å². The van der Waals surface area contributed by atoms with E-state index in [1.165, 1.54) is 0 Å². The molecule has 0 radical (unpaired) electrons. The highest BCUT2D eigenvalue weighted by Crippen LogP contribution is 2.44. The molecule has 0 amide bonds. The van der Waals surface area contributed by atoms with E-state index in [2.05, 4.69) is 34.3 Å². The Morgan fingerprint density at radius 2 is 1.76 bits per heavy atom. The first-order valence-corrected chi connectivity index (χ1v) is 11.9. The van der Waals surface area contributed by atoms with Crippen LogP contribution in [0, 0.1) is 34.7 Å². The first kappa shape index (κ1) is 22.6. The lowest BCUT2D eigenvalue weighted by Gasteiger charge is -2.43. The second kappa shape index (κ2) is 8.87. The van der Waals surface area contributed by atoms with Crippen molar-refractivity contribution >= 4 is 5.82 Å². The van der Waals surface area contributed by atoms with Gasteiger partial charge < -0.3 is 10.1 Å². The number of nitrogens with one attached hydrogen (secondary N) is 1. The number of ether oxygens (including phenoxy) is 1. The molecule has 5 nitrogen and oxygen atoms in total. The lowest BCUT2D eigenvalue weighted by molar-refractivity contribution is -0.0207. The van der Waals surface area contributed by atoms with Crippen molar-refractivity contribution in [3.05, 3.63) is 41.7 Å². The van der Waals surface area contributed by atoms with Crippen molar-refractivity contribution in [2.75, 3.05) is 31.6 Å². The molecule has 3 fully saturated rings. The van der Waals surface area contributed by atoms with Gasteiger partial charge in [0.05, 0.1) is 5.69 Å². The van der Waals surface area contributed by atoms with Gasteiger partial charge in [-0.15, -0.1) is 10.2 Å². The fourth-order valence-corrected chi connectivity index (χ4v) is 5.97. The Hall–Kier alpha value is -2.19. The van der Waals surface area contributed by atoms with Crippen LogP contribution in [0.3, 0.4) is 0 Å². The molecule has 2 saturated heterocycles. The molecule has 0 spiro atoms. The molecule has 2 aromatic rings. The zero-order valence-corrected chi connectivity index (χ0v) is 19.2. The van der Waals surface area contributed by atoms with Gasteiger partial charge in [-0.25, -0.2) is 13.2 Å². The van der Waals surface area contributed by atoms with Crippen molar-refractivity contribution in [1.29, 1.82) is 0 Å². The second-order valence-electron chi connectivity index (χ2n) is 10.3. The van der Waals surface area contributed by atoms with Crippen LogP contribution >= 0.6 is 0 Å². The molecular weight excluding hydrogens is 429 g/mol. The van der Waals surface area contributed by atoms with Crippen molar-refractivity contribution in [1.82, 2.24) is 15.1 Å². The minimum absolute atomic E-state index is 0.103. The average molecular weight is 461 g/mol. The van der Waals surface area contributed by atoms with E-state index in [9.17, 15) is 13.2 Å². The van der Waals surface area contributed by atoms with E-state index in [-0.39, 0.29) is 11.3 Å². The molecule has 8 heteroatoms. The highest BCUT2D eigenvalue weighted by Gasteiger charge is 2.45. The third kappa shape index (κ3) is 4.47. The maximum Gasteiger partial charge on any atom is 0.168 e. The topological polar surface area (TPSA) is 50.3 Å². The quantitative estimate of drug-likeness (QED) is 0.644. The monoisotopic (exact) mass is 460 g/mol. The van der Waals surface area contributed by atoms with E-state index in [1.54, 1.807) is 12.1 Å². The van der Waals surface area contributed by atoms with Crippen LogP contribution in [0.4, 0.5) is 19.0 Å². The van der Waals surface area contributed by atoms with E-state index >= 15 is 0 Å². The lowest BCUT2D eigenvalue weighted by atomic mass is 9.75. The Bertz CT molecular complexity index is 982. The fraction of sp³-hybridized carbons (Fsp3) is 0.600. The average Bonchev–Trinajstić information content (AvgIpc) is 3.35. The fourth-order valence-electron chi connectivity index (χ4n) is 5.97. The number of benzene rings is 1. The summed E-state index contributed by atoms with van der Waals surface area (Å²) in [5.74, 6) is -1.26. The van der Waals surface area contributed by atoms with Crippen molar-refractivity contribution in [3.63, 3.8) is 0 Å². The summed E-state index contributed by atoms with van der Waals surface area (Å²) in [7, 11) is 0. The smallest absolute Gasteiger partial charge is 0.168 e. The van der Waals surface area contributed by atoms with Gasteiger partial charge in [-0.1, -0.05) is 6.92 Å². The van der Waals surface area contributed by atoms with Gasteiger partial charge in [-0.3, -0.25) is 4.90 Å². The lowest BCUT2D eigenvalue weighted by Crippen LogP contribution is -2.47. The number of fused-ring (bicyclic) bond motifs is 1. The largest absolute Gasteiger partial charge is 0.381 e. The van der Waals surface area contributed by atoms with Crippen LogP contribution < -0.4 is 5.32 Å². The maximum atomic E-state index is 14.0. The minimum atomic E-state index is -1.24. The van der Waals surface area contributed by atoms with E-state index in [0.29, 0.717) is 41.2 Å². The molecule has 0 bridgehead atoms. The molecule has 2 unspecified atom stereocenters. The molecular formula is C25H31F3N4O. The summed E-state index contributed by atoms with van der Waals surface area (Å²) in [5.41, 5.74) is 0.205. The Labute approximate surface area is 192 Å². The number of likely N-dealkylation sites (tertiary alicyclic amines) is 1. The van der Waals surface area contributed by atoms with Crippen LogP contribution in [0.25, 0.3) is 11.3 Å². The summed E-state index contributed by atoms with van der Waals surface area (Å²) >= 11 is 0. The molecule has 33 heavy (non-hydrogen) atoms. The molecule has 1 aromatic carbocycles. The summed E-state index contributed by atoms with van der Waals surface area (Å²) in [6.45, 7) is 8.80.